The van der Waals surface area contributed by atoms with E-state index in [4.69, 9.17) is 33.0 Å². The van der Waals surface area contributed by atoms with Crippen LogP contribution < -0.4 is 10.1 Å². The zero-order valence-corrected chi connectivity index (χ0v) is 13.5. The van der Waals surface area contributed by atoms with Gasteiger partial charge in [-0.1, -0.05) is 23.2 Å². The first kappa shape index (κ1) is 16.5. The average molecular weight is 361 g/mol. The molecule has 0 aliphatic carbocycles. The number of carbonyl (C=O) groups is 2. The summed E-state index contributed by atoms with van der Waals surface area (Å²) in [6.07, 6.45) is -0.851. The van der Waals surface area contributed by atoms with E-state index in [0.29, 0.717) is 10.8 Å². The van der Waals surface area contributed by atoms with Gasteiger partial charge in [-0.05, 0) is 25.1 Å². The lowest BCUT2D eigenvalue weighted by molar-refractivity contribution is -0.122. The molecule has 2 rings (SSSR count). The molecule has 1 aromatic heterocycles. The maximum atomic E-state index is 12.0. The monoisotopic (exact) mass is 360 g/mol. The third-order valence-electron chi connectivity index (χ3n) is 2.52. The molecule has 116 valence electrons. The fourth-order valence-electron chi connectivity index (χ4n) is 1.45. The predicted octanol–water partition coefficient (Wildman–Crippen LogP) is 3.55. The number of nitrogens with zero attached hydrogens (tertiary/aromatic N) is 1. The highest BCUT2D eigenvalue weighted by molar-refractivity contribution is 7.14. The van der Waals surface area contributed by atoms with Gasteiger partial charge in [0.1, 0.15) is 5.75 Å². The molecule has 0 aliphatic heterocycles. The molecule has 2 aromatic rings. The molecule has 22 heavy (non-hydrogen) atoms. The van der Waals surface area contributed by atoms with Gasteiger partial charge in [-0.3, -0.25) is 10.1 Å². The van der Waals surface area contributed by atoms with Crippen LogP contribution >= 0.6 is 34.5 Å². The van der Waals surface area contributed by atoms with Crippen LogP contribution in [0.3, 0.4) is 0 Å². The van der Waals surface area contributed by atoms with Crippen molar-refractivity contribution in [2.24, 2.45) is 0 Å². The highest BCUT2D eigenvalue weighted by atomic mass is 35.5. The SMILES string of the molecule is CC(Oc1ccc(Cl)cc1Cl)C(=O)Nc1nc(C(=O)O)cs1. The van der Waals surface area contributed by atoms with Gasteiger partial charge in [-0.2, -0.15) is 0 Å². The summed E-state index contributed by atoms with van der Waals surface area (Å²) >= 11 is 12.7. The molecule has 0 radical (unpaired) electrons. The van der Waals surface area contributed by atoms with Crippen molar-refractivity contribution in [2.45, 2.75) is 13.0 Å². The number of rotatable bonds is 5. The molecule has 1 atom stereocenters. The maximum Gasteiger partial charge on any atom is 0.355 e. The van der Waals surface area contributed by atoms with Crippen molar-refractivity contribution in [1.29, 1.82) is 0 Å². The number of carbonyl (C=O) groups excluding carboxylic acids is 1. The van der Waals surface area contributed by atoms with Crippen molar-refractivity contribution >= 4 is 51.5 Å². The molecule has 0 bridgehead atoms. The summed E-state index contributed by atoms with van der Waals surface area (Å²) in [7, 11) is 0. The van der Waals surface area contributed by atoms with Crippen LogP contribution in [0.15, 0.2) is 23.6 Å². The average Bonchev–Trinajstić information content (AvgIpc) is 2.90. The highest BCUT2D eigenvalue weighted by Gasteiger charge is 2.18. The van der Waals surface area contributed by atoms with Gasteiger partial charge in [0.15, 0.2) is 16.9 Å². The molecule has 0 saturated heterocycles. The summed E-state index contributed by atoms with van der Waals surface area (Å²) in [5, 5.41) is 13.5. The van der Waals surface area contributed by atoms with Gasteiger partial charge < -0.3 is 9.84 Å². The number of carboxylic acid groups (broad SMARTS) is 1. The van der Waals surface area contributed by atoms with Crippen molar-refractivity contribution in [3.63, 3.8) is 0 Å². The van der Waals surface area contributed by atoms with Gasteiger partial charge in [0.2, 0.25) is 0 Å². The van der Waals surface area contributed by atoms with Gasteiger partial charge in [-0.15, -0.1) is 11.3 Å². The first-order valence-electron chi connectivity index (χ1n) is 5.98. The van der Waals surface area contributed by atoms with Crippen LogP contribution in [0.5, 0.6) is 5.75 Å². The Morgan fingerprint density at radius 1 is 1.41 bits per heavy atom. The quantitative estimate of drug-likeness (QED) is 0.850. The smallest absolute Gasteiger partial charge is 0.355 e. The first-order valence-corrected chi connectivity index (χ1v) is 7.62. The second-order valence-electron chi connectivity index (χ2n) is 4.17. The van der Waals surface area contributed by atoms with E-state index in [2.05, 4.69) is 10.3 Å². The summed E-state index contributed by atoms with van der Waals surface area (Å²) in [6, 6.07) is 4.65. The predicted molar refractivity (Wildman–Crippen MR) is 84.3 cm³/mol. The molecular weight excluding hydrogens is 351 g/mol. The minimum Gasteiger partial charge on any atom is -0.479 e. The van der Waals surface area contributed by atoms with E-state index < -0.39 is 18.0 Å². The zero-order valence-electron chi connectivity index (χ0n) is 11.2. The molecular formula is C13H10Cl2N2O4S. The largest absolute Gasteiger partial charge is 0.479 e. The van der Waals surface area contributed by atoms with Crippen molar-refractivity contribution in [3.8, 4) is 5.75 Å². The second-order valence-corrected chi connectivity index (χ2v) is 5.87. The lowest BCUT2D eigenvalue weighted by Gasteiger charge is -2.14. The molecule has 1 amide bonds. The fraction of sp³-hybridized carbons (Fsp3) is 0.154. The van der Waals surface area contributed by atoms with Crippen LogP contribution in [0.1, 0.15) is 17.4 Å². The number of benzene rings is 1. The fourth-order valence-corrected chi connectivity index (χ4v) is 2.59. The number of ether oxygens (including phenoxy) is 1. The molecule has 9 heteroatoms. The Morgan fingerprint density at radius 2 is 2.14 bits per heavy atom. The third kappa shape index (κ3) is 4.09. The van der Waals surface area contributed by atoms with Gasteiger partial charge in [-0.25, -0.2) is 9.78 Å². The van der Waals surface area contributed by atoms with Crippen LogP contribution in [0.25, 0.3) is 0 Å². The normalized spacial score (nSPS) is 11.8. The standard InChI is InChI=1S/C13H10Cl2N2O4S/c1-6(21-10-3-2-7(14)4-8(10)15)11(18)17-13-16-9(5-22-13)12(19)20/h2-6H,1H3,(H,19,20)(H,16,17,18). The van der Waals surface area contributed by atoms with Gasteiger partial charge in [0.05, 0.1) is 5.02 Å². The first-order chi connectivity index (χ1) is 10.4. The Morgan fingerprint density at radius 3 is 2.73 bits per heavy atom. The minimum atomic E-state index is -1.16. The summed E-state index contributed by atoms with van der Waals surface area (Å²) in [5.41, 5.74) is -0.130. The zero-order chi connectivity index (χ0) is 16.3. The number of amides is 1. The molecule has 0 spiro atoms. The van der Waals surface area contributed by atoms with Gasteiger partial charge in [0.25, 0.3) is 5.91 Å². The van der Waals surface area contributed by atoms with Crippen LogP contribution in [0.4, 0.5) is 5.13 Å². The summed E-state index contributed by atoms with van der Waals surface area (Å²) in [4.78, 5) is 26.5. The van der Waals surface area contributed by atoms with Crippen LogP contribution in [0.2, 0.25) is 10.0 Å². The van der Waals surface area contributed by atoms with Gasteiger partial charge in [0, 0.05) is 10.4 Å². The van der Waals surface area contributed by atoms with Crippen LogP contribution in [0, 0.1) is 0 Å². The van der Waals surface area contributed by atoms with Gasteiger partial charge >= 0.3 is 5.97 Å². The number of nitrogens with one attached hydrogen (secondary N) is 1. The number of halogens is 2. The van der Waals surface area contributed by atoms with E-state index in [9.17, 15) is 9.59 Å². The number of aromatic carboxylic acids is 1. The number of hydrogen-bond donors (Lipinski definition) is 2. The molecule has 0 aliphatic rings. The molecule has 6 nitrogen and oxygen atoms in total. The van der Waals surface area contributed by atoms with E-state index in [1.807, 2.05) is 0 Å². The Labute approximate surface area is 139 Å². The molecule has 0 fully saturated rings. The van der Waals surface area contributed by atoms with Crippen molar-refractivity contribution in [1.82, 2.24) is 4.98 Å². The van der Waals surface area contributed by atoms with Crippen LogP contribution in [-0.4, -0.2) is 28.1 Å². The lowest BCUT2D eigenvalue weighted by atomic mass is 10.3. The number of carboxylic acids is 1. The molecule has 1 heterocycles. The molecule has 0 saturated carbocycles. The topological polar surface area (TPSA) is 88.5 Å². The minimum absolute atomic E-state index is 0.130. The highest BCUT2D eigenvalue weighted by Crippen LogP contribution is 2.28. The molecule has 1 aromatic carbocycles. The third-order valence-corrected chi connectivity index (χ3v) is 3.81. The Hall–Kier alpha value is -1.83. The number of anilines is 1. The van der Waals surface area contributed by atoms with Crippen molar-refractivity contribution in [3.05, 3.63) is 39.3 Å². The summed E-state index contributed by atoms with van der Waals surface area (Å²) in [6.45, 7) is 1.53. The van der Waals surface area contributed by atoms with Crippen molar-refractivity contribution in [2.75, 3.05) is 5.32 Å². The second kappa shape index (κ2) is 6.95. The van der Waals surface area contributed by atoms with E-state index in [-0.39, 0.29) is 15.8 Å². The lowest BCUT2D eigenvalue weighted by Crippen LogP contribution is -2.30. The Kier molecular flexibility index (Phi) is 5.23. The molecule has 1 unspecified atom stereocenters. The van der Waals surface area contributed by atoms with E-state index >= 15 is 0 Å². The Balaban J connectivity index is 2.00. The number of aromatic nitrogens is 1. The van der Waals surface area contributed by atoms with E-state index in [0.717, 1.165) is 11.3 Å². The molecule has 2 N–H and O–H groups in total. The van der Waals surface area contributed by atoms with Crippen LogP contribution in [-0.2, 0) is 4.79 Å². The van der Waals surface area contributed by atoms with Crippen molar-refractivity contribution < 1.29 is 19.4 Å². The number of thiazole rings is 1. The summed E-state index contributed by atoms with van der Waals surface area (Å²) in [5.74, 6) is -1.31. The number of hydrogen-bond acceptors (Lipinski definition) is 5. The summed E-state index contributed by atoms with van der Waals surface area (Å²) < 4.78 is 5.45. The maximum absolute atomic E-state index is 12.0. The van der Waals surface area contributed by atoms with E-state index in [1.54, 1.807) is 12.1 Å². The Bertz CT molecular complexity index is 720. The van der Waals surface area contributed by atoms with E-state index in [1.165, 1.54) is 18.4 Å².